The Morgan fingerprint density at radius 3 is 2.53 bits per heavy atom. The maximum Gasteiger partial charge on any atom is 0.223 e. The van der Waals surface area contributed by atoms with Crippen LogP contribution < -0.4 is 10.1 Å². The van der Waals surface area contributed by atoms with Crippen LogP contribution in [0.4, 0.5) is 0 Å². The maximum atomic E-state index is 12.4. The number of carbonyl (C=O) groups excluding carboxylic acids is 1. The van der Waals surface area contributed by atoms with Crippen molar-refractivity contribution in [3.05, 3.63) is 59.9 Å². The number of nitrogens with one attached hydrogen (secondary N) is 1. The predicted octanol–water partition coefficient (Wildman–Crippen LogP) is 6.04. The van der Waals surface area contributed by atoms with Crippen molar-refractivity contribution in [2.75, 3.05) is 13.2 Å². The number of para-hydroxylation sites is 2. The first kappa shape index (κ1) is 24.3. The minimum absolute atomic E-state index is 0.138. The summed E-state index contributed by atoms with van der Waals surface area (Å²) >= 11 is 0. The van der Waals surface area contributed by atoms with Gasteiger partial charge in [0.2, 0.25) is 5.91 Å². The van der Waals surface area contributed by atoms with Gasteiger partial charge in [-0.05, 0) is 54.5 Å². The monoisotopic (exact) mass is 461 g/mol. The molecule has 1 aliphatic rings. The number of carbonyl (C=O) groups is 1. The van der Waals surface area contributed by atoms with E-state index < -0.39 is 0 Å². The fourth-order valence-corrected chi connectivity index (χ4v) is 4.84. The SMILES string of the molecule is CC(C)(C)c1ccc(OCCn2c(CCCNC(=O)C3CCCCC3)nc3ccccc32)cc1. The Hall–Kier alpha value is -2.82. The number of aromatic nitrogens is 2. The van der Waals surface area contributed by atoms with Crippen molar-refractivity contribution in [3.63, 3.8) is 0 Å². The fourth-order valence-electron chi connectivity index (χ4n) is 4.84. The van der Waals surface area contributed by atoms with Crippen LogP contribution in [0.1, 0.15) is 70.7 Å². The quantitative estimate of drug-likeness (QED) is 0.395. The van der Waals surface area contributed by atoms with Crippen LogP contribution in [0, 0.1) is 5.92 Å². The third-order valence-electron chi connectivity index (χ3n) is 6.89. The summed E-state index contributed by atoms with van der Waals surface area (Å²) in [5, 5.41) is 3.15. The first-order valence-electron chi connectivity index (χ1n) is 12.9. The molecule has 1 aromatic heterocycles. The Labute approximate surface area is 203 Å². The van der Waals surface area contributed by atoms with Gasteiger partial charge < -0.3 is 14.6 Å². The Morgan fingerprint density at radius 2 is 1.79 bits per heavy atom. The van der Waals surface area contributed by atoms with Crippen LogP contribution in [0.15, 0.2) is 48.5 Å². The molecule has 34 heavy (non-hydrogen) atoms. The number of aryl methyl sites for hydroxylation is 1. The first-order chi connectivity index (χ1) is 16.4. The van der Waals surface area contributed by atoms with Gasteiger partial charge in [-0.1, -0.05) is 64.3 Å². The zero-order valence-electron chi connectivity index (χ0n) is 21.0. The summed E-state index contributed by atoms with van der Waals surface area (Å²) in [6.45, 7) is 8.68. The maximum absolute atomic E-state index is 12.4. The van der Waals surface area contributed by atoms with Crippen LogP contribution >= 0.6 is 0 Å². The molecular formula is C29H39N3O2. The number of hydrogen-bond acceptors (Lipinski definition) is 3. The minimum atomic E-state index is 0.138. The average molecular weight is 462 g/mol. The molecule has 0 radical (unpaired) electrons. The third-order valence-corrected chi connectivity index (χ3v) is 6.89. The highest BCUT2D eigenvalue weighted by Gasteiger charge is 2.20. The molecular weight excluding hydrogens is 422 g/mol. The second kappa shape index (κ2) is 11.1. The number of fused-ring (bicyclic) bond motifs is 1. The molecule has 1 N–H and O–H groups in total. The molecule has 1 amide bonds. The van der Waals surface area contributed by atoms with Crippen molar-refractivity contribution in [1.29, 1.82) is 0 Å². The van der Waals surface area contributed by atoms with E-state index in [1.807, 2.05) is 6.07 Å². The lowest BCUT2D eigenvalue weighted by Crippen LogP contribution is -2.32. The number of hydrogen-bond donors (Lipinski definition) is 1. The number of benzene rings is 2. The van der Waals surface area contributed by atoms with E-state index in [4.69, 9.17) is 9.72 Å². The molecule has 1 saturated carbocycles. The lowest BCUT2D eigenvalue weighted by Gasteiger charge is -2.20. The molecule has 0 saturated heterocycles. The van der Waals surface area contributed by atoms with Gasteiger partial charge >= 0.3 is 0 Å². The fraction of sp³-hybridized carbons (Fsp3) is 0.517. The van der Waals surface area contributed by atoms with Gasteiger partial charge in [0, 0.05) is 18.9 Å². The first-order valence-corrected chi connectivity index (χ1v) is 12.9. The van der Waals surface area contributed by atoms with Gasteiger partial charge in [-0.3, -0.25) is 4.79 Å². The summed E-state index contributed by atoms with van der Waals surface area (Å²) in [5.74, 6) is 2.40. The topological polar surface area (TPSA) is 56.1 Å². The zero-order valence-corrected chi connectivity index (χ0v) is 21.0. The Morgan fingerprint density at radius 1 is 1.06 bits per heavy atom. The number of rotatable bonds is 9. The van der Waals surface area contributed by atoms with Crippen molar-refractivity contribution in [3.8, 4) is 5.75 Å². The third kappa shape index (κ3) is 6.19. The van der Waals surface area contributed by atoms with Crippen molar-refractivity contribution in [2.24, 2.45) is 5.92 Å². The zero-order chi connectivity index (χ0) is 24.0. The predicted molar refractivity (Wildman–Crippen MR) is 138 cm³/mol. The van der Waals surface area contributed by atoms with E-state index in [0.717, 1.165) is 54.8 Å². The van der Waals surface area contributed by atoms with E-state index in [1.165, 1.54) is 24.8 Å². The molecule has 1 aliphatic carbocycles. The van der Waals surface area contributed by atoms with Crippen LogP contribution in [-0.2, 0) is 23.2 Å². The molecule has 0 aliphatic heterocycles. The highest BCUT2D eigenvalue weighted by molar-refractivity contribution is 5.78. The molecule has 0 unspecified atom stereocenters. The molecule has 0 bridgehead atoms. The Kier molecular flexibility index (Phi) is 7.91. The summed E-state index contributed by atoms with van der Waals surface area (Å²) in [6.07, 6.45) is 7.44. The normalized spacial score (nSPS) is 14.9. The smallest absolute Gasteiger partial charge is 0.223 e. The lowest BCUT2D eigenvalue weighted by atomic mass is 9.87. The number of imidazole rings is 1. The van der Waals surface area contributed by atoms with E-state index in [2.05, 4.69) is 73.1 Å². The van der Waals surface area contributed by atoms with Gasteiger partial charge in [-0.15, -0.1) is 0 Å². The summed E-state index contributed by atoms with van der Waals surface area (Å²) in [6, 6.07) is 16.7. The minimum Gasteiger partial charge on any atom is -0.492 e. The molecule has 4 rings (SSSR count). The van der Waals surface area contributed by atoms with Crippen LogP contribution in [0.3, 0.4) is 0 Å². The highest BCUT2D eigenvalue weighted by atomic mass is 16.5. The van der Waals surface area contributed by atoms with Crippen LogP contribution in [0.25, 0.3) is 11.0 Å². The number of ether oxygens (including phenoxy) is 1. The number of nitrogens with zero attached hydrogens (tertiary/aromatic N) is 2. The molecule has 2 aromatic carbocycles. The molecule has 182 valence electrons. The summed E-state index contributed by atoms with van der Waals surface area (Å²) in [5.41, 5.74) is 3.59. The average Bonchev–Trinajstić information content (AvgIpc) is 3.19. The van der Waals surface area contributed by atoms with Gasteiger partial charge in [0.25, 0.3) is 0 Å². The summed E-state index contributed by atoms with van der Waals surface area (Å²) in [7, 11) is 0. The summed E-state index contributed by atoms with van der Waals surface area (Å²) < 4.78 is 8.34. The second-order valence-electron chi connectivity index (χ2n) is 10.5. The molecule has 5 heteroatoms. The summed E-state index contributed by atoms with van der Waals surface area (Å²) in [4.78, 5) is 17.3. The molecule has 5 nitrogen and oxygen atoms in total. The van der Waals surface area contributed by atoms with Crippen molar-refractivity contribution in [1.82, 2.24) is 14.9 Å². The van der Waals surface area contributed by atoms with E-state index in [-0.39, 0.29) is 17.2 Å². The van der Waals surface area contributed by atoms with E-state index in [9.17, 15) is 4.79 Å². The van der Waals surface area contributed by atoms with Crippen LogP contribution in [0.5, 0.6) is 5.75 Å². The van der Waals surface area contributed by atoms with Crippen molar-refractivity contribution in [2.45, 2.75) is 77.7 Å². The van der Waals surface area contributed by atoms with Crippen LogP contribution in [-0.4, -0.2) is 28.6 Å². The van der Waals surface area contributed by atoms with Crippen molar-refractivity contribution < 1.29 is 9.53 Å². The van der Waals surface area contributed by atoms with Crippen molar-refractivity contribution >= 4 is 16.9 Å². The van der Waals surface area contributed by atoms with E-state index >= 15 is 0 Å². The number of amides is 1. The Bertz CT molecular complexity index is 1070. The molecule has 1 fully saturated rings. The van der Waals surface area contributed by atoms with E-state index in [1.54, 1.807) is 0 Å². The van der Waals surface area contributed by atoms with Gasteiger partial charge in [-0.2, -0.15) is 0 Å². The van der Waals surface area contributed by atoms with Gasteiger partial charge in [0.1, 0.15) is 18.2 Å². The largest absolute Gasteiger partial charge is 0.492 e. The second-order valence-corrected chi connectivity index (χ2v) is 10.5. The molecule has 0 spiro atoms. The molecule has 3 aromatic rings. The van der Waals surface area contributed by atoms with E-state index in [0.29, 0.717) is 13.2 Å². The molecule has 0 atom stereocenters. The van der Waals surface area contributed by atoms with Gasteiger partial charge in [0.05, 0.1) is 17.6 Å². The lowest BCUT2D eigenvalue weighted by molar-refractivity contribution is -0.125. The molecule has 1 heterocycles. The van der Waals surface area contributed by atoms with Gasteiger partial charge in [-0.25, -0.2) is 4.98 Å². The van der Waals surface area contributed by atoms with Crippen LogP contribution in [0.2, 0.25) is 0 Å². The van der Waals surface area contributed by atoms with Gasteiger partial charge in [0.15, 0.2) is 0 Å². The Balaban J connectivity index is 1.33. The highest BCUT2D eigenvalue weighted by Crippen LogP contribution is 2.25. The standard InChI is InChI=1S/C29H39N3O2/c1-29(2,3)23-15-17-24(18-16-23)34-21-20-32-26-13-8-7-12-25(26)31-27(32)14-9-19-30-28(33)22-10-5-4-6-11-22/h7-8,12-13,15-18,22H,4-6,9-11,14,19-21H2,1-3H3,(H,30,33).